The van der Waals surface area contributed by atoms with Gasteiger partial charge in [0, 0.05) is 12.0 Å². The predicted octanol–water partition coefficient (Wildman–Crippen LogP) is 3.28. The van der Waals surface area contributed by atoms with Crippen LogP contribution in [0.3, 0.4) is 0 Å². The van der Waals surface area contributed by atoms with Crippen LogP contribution in [-0.2, 0) is 4.79 Å². The average Bonchev–Trinajstić information content (AvgIpc) is 2.40. The van der Waals surface area contributed by atoms with Gasteiger partial charge in [-0.05, 0) is 25.0 Å². The summed E-state index contributed by atoms with van der Waals surface area (Å²) in [5.41, 5.74) is 5.97. The van der Waals surface area contributed by atoms with E-state index in [0.29, 0.717) is 0 Å². The molecule has 1 aliphatic rings. The summed E-state index contributed by atoms with van der Waals surface area (Å²) in [5.74, 6) is -0.319. The number of benzene rings is 1. The molecule has 1 aliphatic carbocycles. The fraction of sp³-hybridized carbons (Fsp3) is 0.533. The number of amides is 1. The van der Waals surface area contributed by atoms with E-state index >= 15 is 0 Å². The Hall–Kier alpha value is -1.69. The van der Waals surface area contributed by atoms with Gasteiger partial charge < -0.3 is 15.8 Å². The molecule has 0 bridgehead atoms. The van der Waals surface area contributed by atoms with Gasteiger partial charge in [-0.2, -0.15) is 8.78 Å². The van der Waals surface area contributed by atoms with Crippen LogP contribution in [0.2, 0.25) is 0 Å². The van der Waals surface area contributed by atoms with E-state index in [-0.39, 0.29) is 23.8 Å². The highest BCUT2D eigenvalue weighted by Gasteiger charge is 2.30. The first-order valence-electron chi connectivity index (χ1n) is 7.11. The molecule has 0 aliphatic heterocycles. The lowest BCUT2D eigenvalue weighted by Gasteiger charge is -2.32. The van der Waals surface area contributed by atoms with E-state index in [1.807, 2.05) is 0 Å². The van der Waals surface area contributed by atoms with Crippen LogP contribution in [0.1, 0.15) is 38.5 Å². The zero-order chi connectivity index (χ0) is 15.3. The second-order valence-corrected chi connectivity index (χ2v) is 5.52. The van der Waals surface area contributed by atoms with Crippen LogP contribution < -0.4 is 15.8 Å². The second kappa shape index (κ2) is 6.85. The summed E-state index contributed by atoms with van der Waals surface area (Å²) < 4.78 is 29.0. The number of carbonyl (C=O) groups is 1. The van der Waals surface area contributed by atoms with E-state index in [1.165, 1.54) is 12.1 Å². The van der Waals surface area contributed by atoms with Gasteiger partial charge in [-0.25, -0.2) is 0 Å². The second-order valence-electron chi connectivity index (χ2n) is 5.52. The van der Waals surface area contributed by atoms with Gasteiger partial charge in [-0.15, -0.1) is 0 Å². The molecule has 4 nitrogen and oxygen atoms in total. The van der Waals surface area contributed by atoms with Crippen molar-refractivity contribution >= 4 is 11.6 Å². The summed E-state index contributed by atoms with van der Waals surface area (Å²) in [7, 11) is 0. The lowest BCUT2D eigenvalue weighted by Crippen LogP contribution is -2.44. The molecule has 0 atom stereocenters. The summed E-state index contributed by atoms with van der Waals surface area (Å²) in [6, 6.07) is 6.13. The Balaban J connectivity index is 1.99. The number of hydrogen-bond acceptors (Lipinski definition) is 3. The third-order valence-electron chi connectivity index (χ3n) is 3.74. The summed E-state index contributed by atoms with van der Waals surface area (Å²) in [6.07, 6.45) is 5.01. The number of para-hydroxylation sites is 2. The van der Waals surface area contributed by atoms with Crippen LogP contribution in [0, 0.1) is 0 Å². The molecule has 116 valence electrons. The van der Waals surface area contributed by atoms with Crippen molar-refractivity contribution in [3.63, 3.8) is 0 Å². The smallest absolute Gasteiger partial charge is 0.387 e. The minimum atomic E-state index is -2.93. The molecule has 0 unspecified atom stereocenters. The first-order chi connectivity index (χ1) is 9.98. The van der Waals surface area contributed by atoms with Crippen molar-refractivity contribution < 1.29 is 18.3 Å². The predicted molar refractivity (Wildman–Crippen MR) is 76.3 cm³/mol. The molecular weight excluding hydrogens is 278 g/mol. The highest BCUT2D eigenvalue weighted by Crippen LogP contribution is 2.30. The average molecular weight is 298 g/mol. The number of carbonyl (C=O) groups excluding carboxylic acids is 1. The van der Waals surface area contributed by atoms with E-state index < -0.39 is 12.2 Å². The Morgan fingerprint density at radius 2 is 1.95 bits per heavy atom. The Bertz CT molecular complexity index is 488. The highest BCUT2D eigenvalue weighted by molar-refractivity contribution is 5.93. The third-order valence-corrected chi connectivity index (χ3v) is 3.74. The normalized spacial score (nSPS) is 17.5. The van der Waals surface area contributed by atoms with Gasteiger partial charge in [0.1, 0.15) is 5.75 Å². The SMILES string of the molecule is NC1(CC(=O)Nc2ccccc2OC(F)F)CCCCC1. The molecule has 1 saturated carbocycles. The molecule has 2 rings (SSSR count). The van der Waals surface area contributed by atoms with E-state index in [0.717, 1.165) is 32.1 Å². The number of halogens is 2. The molecule has 1 aromatic carbocycles. The number of nitrogens with one attached hydrogen (secondary N) is 1. The number of alkyl halides is 2. The molecule has 0 heterocycles. The topological polar surface area (TPSA) is 64.4 Å². The molecule has 1 amide bonds. The van der Waals surface area contributed by atoms with Crippen molar-refractivity contribution in [2.24, 2.45) is 5.73 Å². The molecule has 0 saturated heterocycles. The van der Waals surface area contributed by atoms with Crippen molar-refractivity contribution in [2.45, 2.75) is 50.7 Å². The summed E-state index contributed by atoms with van der Waals surface area (Å²) in [6.45, 7) is -2.93. The van der Waals surface area contributed by atoms with Gasteiger partial charge in [-0.3, -0.25) is 4.79 Å². The van der Waals surface area contributed by atoms with Crippen molar-refractivity contribution in [3.05, 3.63) is 24.3 Å². The van der Waals surface area contributed by atoms with Gasteiger partial charge >= 0.3 is 6.61 Å². The minimum Gasteiger partial charge on any atom is -0.433 e. The molecule has 1 fully saturated rings. The standard InChI is InChI=1S/C15H20F2N2O2/c16-14(17)21-12-7-3-2-6-11(12)19-13(20)10-15(18)8-4-1-5-9-15/h2-3,6-7,14H,1,4-5,8-10,18H2,(H,19,20). The van der Waals surface area contributed by atoms with Crippen molar-refractivity contribution in [1.29, 1.82) is 0 Å². The maximum absolute atomic E-state index is 12.3. The van der Waals surface area contributed by atoms with Crippen LogP contribution in [0.15, 0.2) is 24.3 Å². The fourth-order valence-electron chi connectivity index (χ4n) is 2.72. The lowest BCUT2D eigenvalue weighted by atomic mass is 9.80. The Morgan fingerprint density at radius 1 is 1.29 bits per heavy atom. The quantitative estimate of drug-likeness (QED) is 0.876. The molecule has 6 heteroatoms. The minimum absolute atomic E-state index is 0.0458. The van der Waals surface area contributed by atoms with E-state index in [4.69, 9.17) is 5.73 Å². The third kappa shape index (κ3) is 4.67. The molecular formula is C15H20F2N2O2. The summed E-state index contributed by atoms with van der Waals surface area (Å²) in [4.78, 5) is 12.1. The van der Waals surface area contributed by atoms with Crippen molar-refractivity contribution in [1.82, 2.24) is 0 Å². The summed E-state index contributed by atoms with van der Waals surface area (Å²) in [5, 5.41) is 2.61. The number of hydrogen-bond donors (Lipinski definition) is 2. The lowest BCUT2D eigenvalue weighted by molar-refractivity contribution is -0.117. The molecule has 1 aromatic rings. The summed E-state index contributed by atoms with van der Waals surface area (Å²) >= 11 is 0. The van der Waals surface area contributed by atoms with E-state index in [9.17, 15) is 13.6 Å². The number of nitrogens with two attached hydrogens (primary N) is 1. The Kier molecular flexibility index (Phi) is 5.12. The Morgan fingerprint density at radius 3 is 2.62 bits per heavy atom. The van der Waals surface area contributed by atoms with Crippen LogP contribution in [-0.4, -0.2) is 18.1 Å². The molecule has 0 radical (unpaired) electrons. The maximum Gasteiger partial charge on any atom is 0.387 e. The van der Waals surface area contributed by atoms with Gasteiger partial charge in [-0.1, -0.05) is 31.4 Å². The number of rotatable bonds is 5. The fourth-order valence-corrected chi connectivity index (χ4v) is 2.72. The highest BCUT2D eigenvalue weighted by atomic mass is 19.3. The van der Waals surface area contributed by atoms with E-state index in [1.54, 1.807) is 12.1 Å². The first-order valence-corrected chi connectivity index (χ1v) is 7.11. The van der Waals surface area contributed by atoms with Gasteiger partial charge in [0.05, 0.1) is 5.69 Å². The monoisotopic (exact) mass is 298 g/mol. The van der Waals surface area contributed by atoms with Gasteiger partial charge in [0.15, 0.2) is 0 Å². The molecule has 3 N–H and O–H groups in total. The van der Waals surface area contributed by atoms with Crippen LogP contribution in [0.25, 0.3) is 0 Å². The van der Waals surface area contributed by atoms with Crippen molar-refractivity contribution in [2.75, 3.05) is 5.32 Å². The molecule has 0 aromatic heterocycles. The zero-order valence-corrected chi connectivity index (χ0v) is 11.8. The van der Waals surface area contributed by atoms with Gasteiger partial charge in [0.2, 0.25) is 5.91 Å². The van der Waals surface area contributed by atoms with Gasteiger partial charge in [0.25, 0.3) is 0 Å². The molecule has 21 heavy (non-hydrogen) atoms. The number of ether oxygens (including phenoxy) is 1. The van der Waals surface area contributed by atoms with Crippen LogP contribution in [0.5, 0.6) is 5.75 Å². The molecule has 0 spiro atoms. The van der Waals surface area contributed by atoms with Crippen LogP contribution >= 0.6 is 0 Å². The first kappa shape index (κ1) is 15.7. The Labute approximate surface area is 122 Å². The van der Waals surface area contributed by atoms with E-state index in [2.05, 4.69) is 10.1 Å². The number of anilines is 1. The maximum atomic E-state index is 12.3. The van der Waals surface area contributed by atoms with Crippen LogP contribution in [0.4, 0.5) is 14.5 Å². The zero-order valence-electron chi connectivity index (χ0n) is 11.8. The largest absolute Gasteiger partial charge is 0.433 e. The van der Waals surface area contributed by atoms with Crippen molar-refractivity contribution in [3.8, 4) is 5.75 Å².